The molecule has 4 amide bonds. The van der Waals surface area contributed by atoms with E-state index in [4.69, 9.17) is 4.74 Å². The fraction of sp³-hybridized carbons (Fsp3) is 0.448. The van der Waals surface area contributed by atoms with E-state index in [1.165, 1.54) is 0 Å². The van der Waals surface area contributed by atoms with E-state index in [0.29, 0.717) is 49.8 Å². The van der Waals surface area contributed by atoms with E-state index in [0.717, 1.165) is 37.8 Å². The van der Waals surface area contributed by atoms with Crippen LogP contribution in [0.25, 0.3) is 0 Å². The highest BCUT2D eigenvalue weighted by Gasteiger charge is 2.36. The van der Waals surface area contributed by atoms with Crippen molar-refractivity contribution in [2.45, 2.75) is 32.1 Å². The zero-order valence-electron chi connectivity index (χ0n) is 21.5. The van der Waals surface area contributed by atoms with E-state index in [1.54, 1.807) is 41.3 Å². The number of carbonyl (C=O) groups is 4. The molecule has 0 radical (unpaired) electrons. The minimum absolute atomic E-state index is 0.0779. The number of amides is 4. The number of anilines is 2. The van der Waals surface area contributed by atoms with E-state index in [-0.39, 0.29) is 41.9 Å². The van der Waals surface area contributed by atoms with Gasteiger partial charge in [0.2, 0.25) is 17.7 Å². The van der Waals surface area contributed by atoms with Crippen LogP contribution in [0.5, 0.6) is 0 Å². The van der Waals surface area contributed by atoms with Gasteiger partial charge in [0.1, 0.15) is 0 Å². The fourth-order valence-corrected chi connectivity index (χ4v) is 5.05. The monoisotopic (exact) mass is 518 g/mol. The molecule has 9 heteroatoms. The van der Waals surface area contributed by atoms with Crippen molar-refractivity contribution in [3.8, 4) is 0 Å². The van der Waals surface area contributed by atoms with Gasteiger partial charge in [0.15, 0.2) is 0 Å². The van der Waals surface area contributed by atoms with Crippen molar-refractivity contribution in [1.29, 1.82) is 0 Å². The second-order valence-corrected chi connectivity index (χ2v) is 10.3. The number of morpholine rings is 1. The van der Waals surface area contributed by atoms with E-state index in [9.17, 15) is 19.2 Å². The molecule has 0 spiro atoms. The second-order valence-electron chi connectivity index (χ2n) is 10.3. The van der Waals surface area contributed by atoms with Gasteiger partial charge in [0.05, 0.1) is 25.6 Å². The van der Waals surface area contributed by atoms with Gasteiger partial charge in [-0.3, -0.25) is 19.2 Å². The number of ether oxygens (including phenoxy) is 1. The van der Waals surface area contributed by atoms with Crippen LogP contribution in [0.4, 0.5) is 11.4 Å². The number of hydrogen-bond acceptors (Lipinski definition) is 5. The molecule has 3 aliphatic rings. The lowest BCUT2D eigenvalue weighted by Crippen LogP contribution is -2.44. The zero-order valence-corrected chi connectivity index (χ0v) is 21.5. The Morgan fingerprint density at radius 2 is 1.55 bits per heavy atom. The van der Waals surface area contributed by atoms with Crippen LogP contribution in [0, 0.1) is 11.8 Å². The van der Waals surface area contributed by atoms with Crippen LogP contribution < -0.4 is 10.6 Å². The van der Waals surface area contributed by atoms with Crippen molar-refractivity contribution in [2.75, 3.05) is 50.0 Å². The maximum absolute atomic E-state index is 12.9. The Hall–Kier alpha value is -3.72. The molecule has 1 aliphatic carbocycles. The van der Waals surface area contributed by atoms with Crippen molar-refractivity contribution < 1.29 is 23.9 Å². The van der Waals surface area contributed by atoms with Crippen LogP contribution in [0.15, 0.2) is 48.5 Å². The normalized spacial score (nSPS) is 19.5. The van der Waals surface area contributed by atoms with Gasteiger partial charge >= 0.3 is 0 Å². The summed E-state index contributed by atoms with van der Waals surface area (Å²) in [5.74, 6) is -0.275. The first-order valence-electron chi connectivity index (χ1n) is 13.4. The largest absolute Gasteiger partial charge is 0.378 e. The minimum atomic E-state index is -0.231. The number of likely N-dealkylation sites (tertiary alicyclic amines) is 1. The van der Waals surface area contributed by atoms with Gasteiger partial charge in [0, 0.05) is 49.0 Å². The highest BCUT2D eigenvalue weighted by molar-refractivity contribution is 5.98. The maximum Gasteiger partial charge on any atom is 0.254 e. The summed E-state index contributed by atoms with van der Waals surface area (Å²) in [5, 5.41) is 5.84. The summed E-state index contributed by atoms with van der Waals surface area (Å²) in [4.78, 5) is 54.5. The summed E-state index contributed by atoms with van der Waals surface area (Å²) >= 11 is 0. The highest BCUT2D eigenvalue weighted by Crippen LogP contribution is 2.32. The van der Waals surface area contributed by atoms with Crippen LogP contribution in [-0.2, 0) is 25.5 Å². The smallest absolute Gasteiger partial charge is 0.254 e. The number of carbonyl (C=O) groups excluding carboxylic acids is 4. The number of nitrogens with one attached hydrogen (secondary N) is 2. The molecule has 200 valence electrons. The van der Waals surface area contributed by atoms with Gasteiger partial charge in [-0.1, -0.05) is 18.2 Å². The Bertz CT molecular complexity index is 1200. The lowest BCUT2D eigenvalue weighted by Gasteiger charge is -2.32. The summed E-state index contributed by atoms with van der Waals surface area (Å²) < 4.78 is 5.31. The lowest BCUT2D eigenvalue weighted by molar-refractivity contribution is -0.135. The van der Waals surface area contributed by atoms with Crippen LogP contribution in [0.2, 0.25) is 0 Å². The predicted octanol–water partition coefficient (Wildman–Crippen LogP) is 2.93. The van der Waals surface area contributed by atoms with Crippen molar-refractivity contribution >= 4 is 35.0 Å². The number of piperidine rings is 1. The topological polar surface area (TPSA) is 108 Å². The molecule has 2 aromatic carbocycles. The molecule has 2 aromatic rings. The zero-order chi connectivity index (χ0) is 26.5. The minimum Gasteiger partial charge on any atom is -0.378 e. The Kier molecular flexibility index (Phi) is 8.03. The molecule has 1 unspecified atom stereocenters. The van der Waals surface area contributed by atoms with E-state index in [2.05, 4.69) is 10.6 Å². The van der Waals surface area contributed by atoms with Crippen LogP contribution in [-0.4, -0.2) is 72.8 Å². The molecule has 9 nitrogen and oxygen atoms in total. The SMILES string of the molecule is O=C(Cc1cccc(NC(=O)C2CCCN(C(=O)C3CC3)C2)c1)Nc1cccc(C(=O)N2CCOCC2)c1. The van der Waals surface area contributed by atoms with Crippen molar-refractivity contribution in [1.82, 2.24) is 9.80 Å². The molecular formula is C29H34N4O5. The third kappa shape index (κ3) is 6.58. The van der Waals surface area contributed by atoms with Gasteiger partial charge in [-0.2, -0.15) is 0 Å². The van der Waals surface area contributed by atoms with Crippen molar-refractivity contribution in [3.63, 3.8) is 0 Å². The number of rotatable bonds is 7. The molecule has 1 saturated carbocycles. The van der Waals surface area contributed by atoms with Gasteiger partial charge in [-0.25, -0.2) is 0 Å². The molecule has 3 fully saturated rings. The van der Waals surface area contributed by atoms with Gasteiger partial charge in [-0.05, 0) is 61.6 Å². The Morgan fingerprint density at radius 1 is 0.816 bits per heavy atom. The Balaban J connectivity index is 1.15. The summed E-state index contributed by atoms with van der Waals surface area (Å²) in [6.45, 7) is 3.37. The second kappa shape index (κ2) is 11.8. The molecule has 0 aromatic heterocycles. The van der Waals surface area contributed by atoms with Gasteiger partial charge in [-0.15, -0.1) is 0 Å². The molecule has 5 rings (SSSR count). The van der Waals surface area contributed by atoms with Crippen LogP contribution in [0.1, 0.15) is 41.6 Å². The van der Waals surface area contributed by atoms with E-state index >= 15 is 0 Å². The summed E-state index contributed by atoms with van der Waals surface area (Å²) in [7, 11) is 0. The Morgan fingerprint density at radius 3 is 2.32 bits per heavy atom. The molecule has 2 N–H and O–H groups in total. The third-order valence-electron chi connectivity index (χ3n) is 7.28. The first-order valence-corrected chi connectivity index (χ1v) is 13.4. The van der Waals surface area contributed by atoms with Gasteiger partial charge < -0.3 is 25.2 Å². The number of hydrogen-bond donors (Lipinski definition) is 2. The van der Waals surface area contributed by atoms with Gasteiger partial charge in [0.25, 0.3) is 5.91 Å². The van der Waals surface area contributed by atoms with Crippen LogP contribution >= 0.6 is 0 Å². The summed E-state index contributed by atoms with van der Waals surface area (Å²) in [6.07, 6.45) is 3.64. The van der Waals surface area contributed by atoms with E-state index < -0.39 is 0 Å². The standard InChI is InChI=1S/C29H34N4O5/c34-26(30-25-8-2-5-22(18-25)29(37)32-12-14-38-15-13-32)17-20-4-1-7-24(16-20)31-27(35)23-6-3-11-33(19-23)28(36)21-9-10-21/h1-2,4-5,7-8,16,18,21,23H,3,6,9-15,17,19H2,(H,30,34)(H,31,35). The third-order valence-corrected chi connectivity index (χ3v) is 7.28. The molecule has 2 saturated heterocycles. The van der Waals surface area contributed by atoms with Crippen molar-refractivity contribution in [3.05, 3.63) is 59.7 Å². The first kappa shape index (κ1) is 25.9. The molecule has 2 heterocycles. The Labute approximate surface area is 222 Å². The summed E-state index contributed by atoms with van der Waals surface area (Å²) in [6, 6.07) is 14.2. The molecule has 38 heavy (non-hydrogen) atoms. The van der Waals surface area contributed by atoms with E-state index in [1.807, 2.05) is 17.0 Å². The average molecular weight is 519 g/mol. The fourth-order valence-electron chi connectivity index (χ4n) is 5.05. The summed E-state index contributed by atoms with van der Waals surface area (Å²) in [5.41, 5.74) is 2.47. The number of nitrogens with zero attached hydrogens (tertiary/aromatic N) is 2. The highest BCUT2D eigenvalue weighted by atomic mass is 16.5. The quantitative estimate of drug-likeness (QED) is 0.586. The maximum atomic E-state index is 12.9. The lowest BCUT2D eigenvalue weighted by atomic mass is 9.96. The average Bonchev–Trinajstić information content (AvgIpc) is 3.79. The van der Waals surface area contributed by atoms with Crippen molar-refractivity contribution in [2.24, 2.45) is 11.8 Å². The van der Waals surface area contributed by atoms with Crippen LogP contribution in [0.3, 0.4) is 0 Å². The number of benzene rings is 2. The first-order chi connectivity index (χ1) is 18.5. The predicted molar refractivity (Wildman–Crippen MR) is 143 cm³/mol. The molecular weight excluding hydrogens is 484 g/mol. The molecule has 2 aliphatic heterocycles. The molecule has 0 bridgehead atoms. The molecule has 1 atom stereocenters.